The predicted molar refractivity (Wildman–Crippen MR) is 132 cm³/mol. The fourth-order valence-electron chi connectivity index (χ4n) is 4.52. The zero-order valence-electron chi connectivity index (χ0n) is 20.6. The summed E-state index contributed by atoms with van der Waals surface area (Å²) >= 11 is 0. The quantitative estimate of drug-likeness (QED) is 0.534. The van der Waals surface area contributed by atoms with E-state index in [1.165, 1.54) is 4.57 Å². The van der Waals surface area contributed by atoms with Gasteiger partial charge in [0.15, 0.2) is 8.32 Å². The van der Waals surface area contributed by atoms with E-state index in [0.29, 0.717) is 12.3 Å². The van der Waals surface area contributed by atoms with Gasteiger partial charge in [-0.3, -0.25) is 24.0 Å². The fraction of sp³-hybridized carbons (Fsp3) is 0.625. The third-order valence-corrected chi connectivity index (χ3v) is 12.2. The summed E-state index contributed by atoms with van der Waals surface area (Å²) in [4.78, 5) is 39.3. The van der Waals surface area contributed by atoms with Gasteiger partial charge in [0.1, 0.15) is 6.04 Å². The molecule has 2 fully saturated rings. The zero-order valence-corrected chi connectivity index (χ0v) is 21.6. The molecule has 8 nitrogen and oxygen atoms in total. The number of benzene rings is 1. The SMILES string of the molecule is Cn1c(=O)n(C2CCC(=O)NC2=O)c2ccc(N3CC[C@@H](CO[Si](C)(C)C(C)(C)C)C3)cc21. The van der Waals surface area contributed by atoms with Gasteiger partial charge in [-0.25, -0.2) is 4.79 Å². The maximum Gasteiger partial charge on any atom is 0.329 e. The van der Waals surface area contributed by atoms with E-state index in [2.05, 4.69) is 44.1 Å². The first kappa shape index (κ1) is 23.8. The summed E-state index contributed by atoms with van der Waals surface area (Å²) in [5.74, 6) is -0.200. The van der Waals surface area contributed by atoms with Crippen molar-refractivity contribution in [1.82, 2.24) is 14.5 Å². The molecule has 2 saturated heterocycles. The monoisotopic (exact) mass is 472 g/mol. The minimum atomic E-state index is -1.76. The number of anilines is 1. The van der Waals surface area contributed by atoms with E-state index < -0.39 is 20.3 Å². The van der Waals surface area contributed by atoms with E-state index in [1.807, 2.05) is 18.2 Å². The van der Waals surface area contributed by atoms with E-state index in [0.717, 1.165) is 42.8 Å². The van der Waals surface area contributed by atoms with Crippen molar-refractivity contribution in [3.8, 4) is 0 Å². The van der Waals surface area contributed by atoms with Gasteiger partial charge in [-0.2, -0.15) is 0 Å². The molecule has 3 heterocycles. The number of hydrogen-bond donors (Lipinski definition) is 1. The molecule has 0 aliphatic carbocycles. The number of carbonyl (C=O) groups is 2. The largest absolute Gasteiger partial charge is 0.416 e. The Bertz CT molecular complexity index is 1140. The molecular formula is C24H36N4O4Si. The van der Waals surface area contributed by atoms with E-state index in [-0.39, 0.29) is 23.1 Å². The molecule has 0 spiro atoms. The van der Waals surface area contributed by atoms with Crippen LogP contribution in [0.1, 0.15) is 46.1 Å². The summed E-state index contributed by atoms with van der Waals surface area (Å²) in [7, 11) is -0.0279. The number of fused-ring (bicyclic) bond motifs is 1. The molecule has 1 N–H and O–H groups in total. The van der Waals surface area contributed by atoms with Crippen molar-refractivity contribution < 1.29 is 14.0 Å². The van der Waals surface area contributed by atoms with Crippen LogP contribution in [-0.2, 0) is 21.1 Å². The summed E-state index contributed by atoms with van der Waals surface area (Å²) in [5, 5.41) is 2.56. The van der Waals surface area contributed by atoms with Crippen LogP contribution in [0.4, 0.5) is 5.69 Å². The van der Waals surface area contributed by atoms with Crippen LogP contribution in [0.15, 0.2) is 23.0 Å². The highest BCUT2D eigenvalue weighted by Crippen LogP contribution is 2.37. The van der Waals surface area contributed by atoms with Crippen LogP contribution in [0.5, 0.6) is 0 Å². The van der Waals surface area contributed by atoms with Crippen molar-refractivity contribution in [1.29, 1.82) is 0 Å². The van der Waals surface area contributed by atoms with Crippen LogP contribution in [-0.4, -0.2) is 49.0 Å². The molecule has 0 bridgehead atoms. The van der Waals surface area contributed by atoms with E-state index in [1.54, 1.807) is 11.6 Å². The Morgan fingerprint density at radius 2 is 1.85 bits per heavy atom. The number of aromatic nitrogens is 2. The van der Waals surface area contributed by atoms with Gasteiger partial charge >= 0.3 is 5.69 Å². The summed E-state index contributed by atoms with van der Waals surface area (Å²) in [6, 6.07) is 5.33. The first-order valence-electron chi connectivity index (χ1n) is 11.8. The molecule has 0 saturated carbocycles. The lowest BCUT2D eigenvalue weighted by atomic mass is 10.1. The van der Waals surface area contributed by atoms with Crippen molar-refractivity contribution in [2.24, 2.45) is 13.0 Å². The Labute approximate surface area is 196 Å². The summed E-state index contributed by atoms with van der Waals surface area (Å²) < 4.78 is 9.58. The average molecular weight is 473 g/mol. The van der Waals surface area contributed by atoms with Crippen LogP contribution in [0.25, 0.3) is 11.0 Å². The Kier molecular flexibility index (Phi) is 6.07. The third-order valence-electron chi connectivity index (χ3n) is 7.73. The molecule has 2 atom stereocenters. The number of rotatable bonds is 5. The standard InChI is InChI=1S/C24H36N4O4Si/c1-24(2,3)33(5,6)32-15-16-11-12-27(14-16)17-7-8-18-20(13-17)26(4)23(31)28(18)19-9-10-21(29)25-22(19)30/h7-8,13,16,19H,9-12,14-15H2,1-6H3,(H,25,29,30)/t16-,19?/m1/s1. The molecule has 0 radical (unpaired) electrons. The van der Waals surface area contributed by atoms with Gasteiger partial charge in [-0.15, -0.1) is 0 Å². The molecule has 9 heteroatoms. The van der Waals surface area contributed by atoms with Gasteiger partial charge in [-0.1, -0.05) is 20.8 Å². The van der Waals surface area contributed by atoms with Crippen molar-refractivity contribution in [3.63, 3.8) is 0 Å². The number of imidazole rings is 1. The molecule has 2 aliphatic rings. The van der Waals surface area contributed by atoms with E-state index >= 15 is 0 Å². The normalized spacial score (nSPS) is 22.3. The highest BCUT2D eigenvalue weighted by Gasteiger charge is 2.38. The smallest absolute Gasteiger partial charge is 0.329 e. The van der Waals surface area contributed by atoms with Crippen LogP contribution in [0.2, 0.25) is 18.1 Å². The lowest BCUT2D eigenvalue weighted by Crippen LogP contribution is -2.44. The molecule has 1 aromatic heterocycles. The fourth-order valence-corrected chi connectivity index (χ4v) is 5.61. The van der Waals surface area contributed by atoms with Gasteiger partial charge in [0, 0.05) is 44.8 Å². The van der Waals surface area contributed by atoms with Gasteiger partial charge in [0.05, 0.1) is 11.0 Å². The molecule has 180 valence electrons. The van der Waals surface area contributed by atoms with Crippen LogP contribution in [0.3, 0.4) is 0 Å². The second-order valence-electron chi connectivity index (χ2n) is 11.0. The minimum absolute atomic E-state index is 0.205. The van der Waals surface area contributed by atoms with Gasteiger partial charge < -0.3 is 9.33 Å². The minimum Gasteiger partial charge on any atom is -0.416 e. The lowest BCUT2D eigenvalue weighted by molar-refractivity contribution is -0.135. The topological polar surface area (TPSA) is 85.6 Å². The maximum atomic E-state index is 13.0. The third kappa shape index (κ3) is 4.40. The summed E-state index contributed by atoms with van der Waals surface area (Å²) in [6.07, 6.45) is 1.67. The molecule has 2 aromatic rings. The highest BCUT2D eigenvalue weighted by atomic mass is 28.4. The number of aryl methyl sites for hydroxylation is 1. The van der Waals surface area contributed by atoms with E-state index in [9.17, 15) is 14.4 Å². The number of nitrogens with zero attached hydrogens (tertiary/aromatic N) is 3. The number of amides is 2. The maximum absolute atomic E-state index is 13.0. The number of carbonyl (C=O) groups excluding carboxylic acids is 2. The average Bonchev–Trinajstić information content (AvgIpc) is 3.30. The van der Waals surface area contributed by atoms with Crippen molar-refractivity contribution >= 4 is 36.9 Å². The van der Waals surface area contributed by atoms with E-state index in [4.69, 9.17) is 4.43 Å². The van der Waals surface area contributed by atoms with Gasteiger partial charge in [0.25, 0.3) is 0 Å². The number of nitrogens with one attached hydrogen (secondary N) is 1. The number of piperidine rings is 1. The van der Waals surface area contributed by atoms with Crippen molar-refractivity contribution in [3.05, 3.63) is 28.7 Å². The molecular weight excluding hydrogens is 436 g/mol. The molecule has 4 rings (SSSR count). The summed E-state index contributed by atoms with van der Waals surface area (Å²) in [6.45, 7) is 14.1. The molecule has 33 heavy (non-hydrogen) atoms. The Balaban J connectivity index is 1.53. The lowest BCUT2D eigenvalue weighted by Gasteiger charge is -2.37. The van der Waals surface area contributed by atoms with Crippen LogP contribution >= 0.6 is 0 Å². The first-order valence-corrected chi connectivity index (χ1v) is 14.7. The number of imide groups is 1. The highest BCUT2D eigenvalue weighted by molar-refractivity contribution is 6.74. The molecule has 2 amide bonds. The second-order valence-corrected chi connectivity index (χ2v) is 15.8. The van der Waals surface area contributed by atoms with Crippen molar-refractivity contribution in [2.75, 3.05) is 24.6 Å². The Morgan fingerprint density at radius 1 is 1.12 bits per heavy atom. The zero-order chi connectivity index (χ0) is 24.1. The Hall–Kier alpha value is -2.39. The van der Waals surface area contributed by atoms with Crippen LogP contribution < -0.4 is 15.9 Å². The molecule has 1 aromatic carbocycles. The summed E-state index contributed by atoms with van der Waals surface area (Å²) in [5.41, 5.74) is 2.35. The van der Waals surface area contributed by atoms with Crippen LogP contribution in [0, 0.1) is 5.92 Å². The second kappa shape index (κ2) is 8.43. The molecule has 1 unspecified atom stereocenters. The van der Waals surface area contributed by atoms with Gasteiger partial charge in [-0.05, 0) is 49.2 Å². The predicted octanol–water partition coefficient (Wildman–Crippen LogP) is 3.17. The first-order chi connectivity index (χ1) is 15.4. The van der Waals surface area contributed by atoms with Crippen molar-refractivity contribution in [2.45, 2.75) is 64.2 Å². The van der Waals surface area contributed by atoms with Gasteiger partial charge in [0.2, 0.25) is 11.8 Å². The molecule has 2 aliphatic heterocycles. The Morgan fingerprint density at radius 3 is 2.52 bits per heavy atom. The number of hydrogen-bond acceptors (Lipinski definition) is 5.